The maximum atomic E-state index is 4.32. The fraction of sp³-hybridized carbons (Fsp3) is 0.812. The van der Waals surface area contributed by atoms with Crippen LogP contribution in [0.15, 0.2) is 12.5 Å². The summed E-state index contributed by atoms with van der Waals surface area (Å²) in [5.41, 5.74) is 1.36. The molecule has 4 heteroatoms. The SMILES string of the molecule is CC(C)n1cncc1CN1CCCC(CNC2CC2)C1. The number of nitrogens with one attached hydrogen (secondary N) is 1. The Labute approximate surface area is 122 Å². The van der Waals surface area contributed by atoms with Gasteiger partial charge < -0.3 is 9.88 Å². The van der Waals surface area contributed by atoms with E-state index in [-0.39, 0.29) is 0 Å². The topological polar surface area (TPSA) is 33.1 Å². The molecule has 1 unspecified atom stereocenters. The summed E-state index contributed by atoms with van der Waals surface area (Å²) in [5, 5.41) is 3.69. The second kappa shape index (κ2) is 6.27. The Morgan fingerprint density at radius 3 is 2.95 bits per heavy atom. The van der Waals surface area contributed by atoms with Crippen LogP contribution in [0.1, 0.15) is 51.3 Å². The summed E-state index contributed by atoms with van der Waals surface area (Å²) in [7, 11) is 0. The summed E-state index contributed by atoms with van der Waals surface area (Å²) >= 11 is 0. The molecule has 3 rings (SSSR count). The first-order chi connectivity index (χ1) is 9.72. The van der Waals surface area contributed by atoms with Crippen molar-refractivity contribution in [3.63, 3.8) is 0 Å². The number of imidazole rings is 1. The number of piperidine rings is 1. The Hall–Kier alpha value is -0.870. The molecule has 0 bridgehead atoms. The Morgan fingerprint density at radius 1 is 1.35 bits per heavy atom. The van der Waals surface area contributed by atoms with Crippen molar-refractivity contribution in [2.75, 3.05) is 19.6 Å². The van der Waals surface area contributed by atoms with Crippen LogP contribution in [0, 0.1) is 5.92 Å². The first-order valence-corrected chi connectivity index (χ1v) is 8.19. The minimum absolute atomic E-state index is 0.504. The molecule has 0 spiro atoms. The molecule has 1 aliphatic carbocycles. The molecular formula is C16H28N4. The van der Waals surface area contributed by atoms with Gasteiger partial charge in [-0.15, -0.1) is 0 Å². The maximum absolute atomic E-state index is 4.32. The van der Waals surface area contributed by atoms with Crippen molar-refractivity contribution in [2.24, 2.45) is 5.92 Å². The Balaban J connectivity index is 1.52. The van der Waals surface area contributed by atoms with Gasteiger partial charge in [0, 0.05) is 31.4 Å². The molecule has 0 radical (unpaired) electrons. The minimum Gasteiger partial charge on any atom is -0.331 e. The summed E-state index contributed by atoms with van der Waals surface area (Å²) in [4.78, 5) is 6.93. The highest BCUT2D eigenvalue weighted by Gasteiger charge is 2.25. The monoisotopic (exact) mass is 276 g/mol. The predicted octanol–water partition coefficient (Wildman–Crippen LogP) is 2.43. The molecule has 4 nitrogen and oxygen atoms in total. The zero-order valence-corrected chi connectivity index (χ0v) is 12.9. The largest absolute Gasteiger partial charge is 0.331 e. The molecule has 1 saturated heterocycles. The van der Waals surface area contributed by atoms with Gasteiger partial charge in [-0.3, -0.25) is 4.90 Å². The van der Waals surface area contributed by atoms with E-state index in [0.29, 0.717) is 6.04 Å². The van der Waals surface area contributed by atoms with Gasteiger partial charge in [-0.1, -0.05) is 0 Å². The highest BCUT2D eigenvalue weighted by Crippen LogP contribution is 2.22. The molecule has 2 heterocycles. The molecule has 1 aromatic heterocycles. The summed E-state index contributed by atoms with van der Waals surface area (Å²) in [6.07, 6.45) is 9.52. The lowest BCUT2D eigenvalue weighted by molar-refractivity contribution is 0.161. The highest BCUT2D eigenvalue weighted by molar-refractivity contribution is 5.00. The second-order valence-electron chi connectivity index (χ2n) is 6.81. The first kappa shape index (κ1) is 14.1. The molecule has 1 aliphatic heterocycles. The van der Waals surface area contributed by atoms with Gasteiger partial charge in [0.1, 0.15) is 0 Å². The Morgan fingerprint density at radius 2 is 2.20 bits per heavy atom. The van der Waals surface area contributed by atoms with E-state index in [1.165, 1.54) is 51.0 Å². The first-order valence-electron chi connectivity index (χ1n) is 8.19. The Bertz CT molecular complexity index is 422. The molecule has 0 aromatic carbocycles. The van der Waals surface area contributed by atoms with Gasteiger partial charge in [0.2, 0.25) is 0 Å². The van der Waals surface area contributed by atoms with E-state index in [1.54, 1.807) is 0 Å². The summed E-state index contributed by atoms with van der Waals surface area (Å²) in [6.45, 7) is 9.20. The summed E-state index contributed by atoms with van der Waals surface area (Å²) < 4.78 is 2.30. The van der Waals surface area contributed by atoms with Gasteiger partial charge in [0.15, 0.2) is 0 Å². The molecule has 1 N–H and O–H groups in total. The molecule has 1 saturated carbocycles. The van der Waals surface area contributed by atoms with Gasteiger partial charge >= 0.3 is 0 Å². The number of rotatable bonds is 6. The lowest BCUT2D eigenvalue weighted by Crippen LogP contribution is -2.40. The molecule has 1 aromatic rings. The van der Waals surface area contributed by atoms with Crippen molar-refractivity contribution in [1.82, 2.24) is 19.8 Å². The number of hydrogen-bond donors (Lipinski definition) is 1. The molecule has 0 amide bonds. The maximum Gasteiger partial charge on any atom is 0.0951 e. The fourth-order valence-electron chi connectivity index (χ4n) is 3.23. The van der Waals surface area contributed by atoms with E-state index in [9.17, 15) is 0 Å². The molecule has 2 fully saturated rings. The van der Waals surface area contributed by atoms with Crippen LogP contribution in [-0.2, 0) is 6.54 Å². The molecule has 2 aliphatic rings. The van der Waals surface area contributed by atoms with Crippen LogP contribution in [0.3, 0.4) is 0 Å². The minimum atomic E-state index is 0.504. The number of aromatic nitrogens is 2. The van der Waals surface area contributed by atoms with Gasteiger partial charge in [-0.05, 0) is 58.5 Å². The van der Waals surface area contributed by atoms with Crippen molar-refractivity contribution >= 4 is 0 Å². The van der Waals surface area contributed by atoms with Crippen LogP contribution in [0.25, 0.3) is 0 Å². The van der Waals surface area contributed by atoms with E-state index >= 15 is 0 Å². The predicted molar refractivity (Wildman–Crippen MR) is 81.6 cm³/mol. The van der Waals surface area contributed by atoms with E-state index in [0.717, 1.165) is 18.5 Å². The van der Waals surface area contributed by atoms with E-state index in [1.807, 2.05) is 12.5 Å². The smallest absolute Gasteiger partial charge is 0.0951 e. The van der Waals surface area contributed by atoms with Gasteiger partial charge in [0.25, 0.3) is 0 Å². The standard InChI is InChI=1S/C16H28N4/c1-13(2)20-12-17-9-16(20)11-19-7-3-4-14(10-19)8-18-15-5-6-15/h9,12-15,18H,3-8,10-11H2,1-2H3. The normalized spacial score (nSPS) is 24.4. The third-order valence-corrected chi connectivity index (χ3v) is 4.56. The van der Waals surface area contributed by atoms with Crippen molar-refractivity contribution in [3.05, 3.63) is 18.2 Å². The number of nitrogens with zero attached hydrogens (tertiary/aromatic N) is 3. The molecule has 20 heavy (non-hydrogen) atoms. The summed E-state index contributed by atoms with van der Waals surface area (Å²) in [6, 6.07) is 1.34. The van der Waals surface area contributed by atoms with Crippen LogP contribution in [-0.4, -0.2) is 40.1 Å². The Kier molecular flexibility index (Phi) is 4.41. The van der Waals surface area contributed by atoms with Crippen LogP contribution >= 0.6 is 0 Å². The van der Waals surface area contributed by atoms with E-state index < -0.39 is 0 Å². The van der Waals surface area contributed by atoms with Gasteiger partial charge in [0.05, 0.1) is 12.0 Å². The third kappa shape index (κ3) is 3.61. The van der Waals surface area contributed by atoms with Gasteiger partial charge in [-0.25, -0.2) is 4.98 Å². The number of likely N-dealkylation sites (tertiary alicyclic amines) is 1. The quantitative estimate of drug-likeness (QED) is 0.866. The van der Waals surface area contributed by atoms with Crippen molar-refractivity contribution in [3.8, 4) is 0 Å². The van der Waals surface area contributed by atoms with Crippen LogP contribution in [0.2, 0.25) is 0 Å². The average molecular weight is 276 g/mol. The van der Waals surface area contributed by atoms with Crippen LogP contribution in [0.5, 0.6) is 0 Å². The van der Waals surface area contributed by atoms with Crippen molar-refractivity contribution in [1.29, 1.82) is 0 Å². The molecule has 1 atom stereocenters. The van der Waals surface area contributed by atoms with Crippen LogP contribution in [0.4, 0.5) is 0 Å². The van der Waals surface area contributed by atoms with Gasteiger partial charge in [-0.2, -0.15) is 0 Å². The van der Waals surface area contributed by atoms with E-state index in [4.69, 9.17) is 0 Å². The zero-order valence-electron chi connectivity index (χ0n) is 12.9. The lowest BCUT2D eigenvalue weighted by Gasteiger charge is -2.33. The number of hydrogen-bond acceptors (Lipinski definition) is 3. The second-order valence-corrected chi connectivity index (χ2v) is 6.81. The van der Waals surface area contributed by atoms with Crippen LogP contribution < -0.4 is 5.32 Å². The zero-order chi connectivity index (χ0) is 13.9. The lowest BCUT2D eigenvalue weighted by atomic mass is 9.98. The molecular weight excluding hydrogens is 248 g/mol. The van der Waals surface area contributed by atoms with E-state index in [2.05, 4.69) is 33.6 Å². The third-order valence-electron chi connectivity index (χ3n) is 4.56. The molecule has 112 valence electrons. The fourth-order valence-corrected chi connectivity index (χ4v) is 3.23. The average Bonchev–Trinajstić information content (AvgIpc) is 3.15. The summed E-state index contributed by atoms with van der Waals surface area (Å²) in [5.74, 6) is 0.833. The van der Waals surface area contributed by atoms with Crippen molar-refractivity contribution in [2.45, 2.75) is 58.2 Å². The van der Waals surface area contributed by atoms with Crippen molar-refractivity contribution < 1.29 is 0 Å². The highest BCUT2D eigenvalue weighted by atomic mass is 15.2.